The second kappa shape index (κ2) is 18.8. The molecule has 0 rings (SSSR count). The number of allylic oxidation sites excluding steroid dienone is 2. The standard InChI is InChI=1S/C24H48O3/c1-21(2)17-15-13-11-9-7-5-6-8-10-12-14-16-18-24(22(3)4)27-20-23(26)19-25/h21,23,25-26H,5-20H2,1-4H3. The fourth-order valence-electron chi connectivity index (χ4n) is 3.32. The Labute approximate surface area is 169 Å². The third-order valence-corrected chi connectivity index (χ3v) is 5.15. The van der Waals surface area contributed by atoms with Crippen molar-refractivity contribution < 1.29 is 14.9 Å². The Morgan fingerprint density at radius 3 is 1.59 bits per heavy atom. The molecule has 0 bridgehead atoms. The Morgan fingerprint density at radius 1 is 0.741 bits per heavy atom. The Bertz CT molecular complexity index is 346. The number of unbranched alkanes of at least 4 members (excludes halogenated alkanes) is 11. The van der Waals surface area contributed by atoms with Gasteiger partial charge in [-0.3, -0.25) is 0 Å². The lowest BCUT2D eigenvalue weighted by Crippen LogP contribution is -2.19. The van der Waals surface area contributed by atoms with Gasteiger partial charge in [-0.05, 0) is 31.8 Å². The number of aliphatic hydroxyl groups is 2. The summed E-state index contributed by atoms with van der Waals surface area (Å²) in [4.78, 5) is 0. The minimum absolute atomic E-state index is 0.189. The first-order chi connectivity index (χ1) is 13.0. The van der Waals surface area contributed by atoms with Gasteiger partial charge in [-0.25, -0.2) is 0 Å². The van der Waals surface area contributed by atoms with E-state index < -0.39 is 6.10 Å². The fraction of sp³-hybridized carbons (Fsp3) is 0.917. The molecule has 0 aromatic rings. The molecule has 3 heteroatoms. The lowest BCUT2D eigenvalue weighted by Gasteiger charge is -2.15. The highest BCUT2D eigenvalue weighted by atomic mass is 16.5. The van der Waals surface area contributed by atoms with E-state index in [9.17, 15) is 5.11 Å². The van der Waals surface area contributed by atoms with Gasteiger partial charge in [0.05, 0.1) is 12.4 Å². The van der Waals surface area contributed by atoms with E-state index >= 15 is 0 Å². The molecule has 27 heavy (non-hydrogen) atoms. The molecule has 0 aromatic heterocycles. The van der Waals surface area contributed by atoms with Crippen molar-refractivity contribution in [3.05, 3.63) is 11.3 Å². The van der Waals surface area contributed by atoms with Crippen molar-refractivity contribution in [3.63, 3.8) is 0 Å². The van der Waals surface area contributed by atoms with Gasteiger partial charge in [0.25, 0.3) is 0 Å². The van der Waals surface area contributed by atoms with Gasteiger partial charge in [0.15, 0.2) is 0 Å². The van der Waals surface area contributed by atoms with E-state index in [2.05, 4.69) is 13.8 Å². The van der Waals surface area contributed by atoms with Crippen LogP contribution in [0.2, 0.25) is 0 Å². The fourth-order valence-corrected chi connectivity index (χ4v) is 3.32. The molecule has 0 heterocycles. The van der Waals surface area contributed by atoms with Crippen LogP contribution in [-0.2, 0) is 4.74 Å². The van der Waals surface area contributed by atoms with Crippen LogP contribution in [0.1, 0.15) is 118 Å². The van der Waals surface area contributed by atoms with E-state index in [-0.39, 0.29) is 13.2 Å². The summed E-state index contributed by atoms with van der Waals surface area (Å²) in [5, 5.41) is 18.3. The molecule has 0 saturated carbocycles. The van der Waals surface area contributed by atoms with Gasteiger partial charge in [0.2, 0.25) is 0 Å². The first kappa shape index (κ1) is 26.5. The quantitative estimate of drug-likeness (QED) is 0.191. The molecule has 1 unspecified atom stereocenters. The minimum atomic E-state index is -0.778. The van der Waals surface area contributed by atoms with Gasteiger partial charge in [-0.1, -0.05) is 90.9 Å². The zero-order valence-corrected chi connectivity index (χ0v) is 18.8. The second-order valence-electron chi connectivity index (χ2n) is 8.75. The van der Waals surface area contributed by atoms with Crippen molar-refractivity contribution in [1.29, 1.82) is 0 Å². The molecular weight excluding hydrogens is 336 g/mol. The summed E-state index contributed by atoms with van der Waals surface area (Å²) >= 11 is 0. The summed E-state index contributed by atoms with van der Waals surface area (Å²) in [5.74, 6) is 1.85. The van der Waals surface area contributed by atoms with E-state index in [4.69, 9.17) is 9.84 Å². The lowest BCUT2D eigenvalue weighted by molar-refractivity contribution is 0.0273. The van der Waals surface area contributed by atoms with Crippen molar-refractivity contribution in [2.45, 2.75) is 124 Å². The zero-order chi connectivity index (χ0) is 20.3. The van der Waals surface area contributed by atoms with Gasteiger partial charge in [0, 0.05) is 6.42 Å². The van der Waals surface area contributed by atoms with Crippen molar-refractivity contribution in [1.82, 2.24) is 0 Å². The van der Waals surface area contributed by atoms with Crippen LogP contribution >= 0.6 is 0 Å². The molecular formula is C24H48O3. The maximum absolute atomic E-state index is 9.39. The van der Waals surface area contributed by atoms with Crippen LogP contribution in [0.15, 0.2) is 11.3 Å². The van der Waals surface area contributed by atoms with E-state index in [0.717, 1.165) is 24.5 Å². The Kier molecular flexibility index (Phi) is 18.4. The molecule has 0 spiro atoms. The van der Waals surface area contributed by atoms with E-state index in [1.165, 1.54) is 82.6 Å². The lowest BCUT2D eigenvalue weighted by atomic mass is 10.0. The summed E-state index contributed by atoms with van der Waals surface area (Å²) in [6.45, 7) is 8.68. The molecule has 0 amide bonds. The summed E-state index contributed by atoms with van der Waals surface area (Å²) < 4.78 is 5.64. The molecule has 0 fully saturated rings. The summed E-state index contributed by atoms with van der Waals surface area (Å²) in [6.07, 6.45) is 17.9. The number of ether oxygens (including phenoxy) is 1. The van der Waals surface area contributed by atoms with Gasteiger partial charge in [-0.15, -0.1) is 0 Å². The maximum Gasteiger partial charge on any atom is 0.116 e. The molecule has 1 atom stereocenters. The monoisotopic (exact) mass is 384 g/mol. The smallest absolute Gasteiger partial charge is 0.116 e. The molecule has 0 saturated heterocycles. The number of rotatable bonds is 19. The molecule has 0 aliphatic rings. The normalized spacial score (nSPS) is 12.4. The van der Waals surface area contributed by atoms with Crippen LogP contribution in [0, 0.1) is 5.92 Å². The predicted octanol–water partition coefficient (Wildman–Crippen LogP) is 6.77. The van der Waals surface area contributed by atoms with Crippen molar-refractivity contribution in [2.24, 2.45) is 5.92 Å². The summed E-state index contributed by atoms with van der Waals surface area (Å²) in [6, 6.07) is 0. The highest BCUT2D eigenvalue weighted by Gasteiger charge is 2.06. The van der Waals surface area contributed by atoms with Gasteiger partial charge >= 0.3 is 0 Å². The minimum Gasteiger partial charge on any atom is -0.495 e. The highest BCUT2D eigenvalue weighted by molar-refractivity contribution is 5.02. The Morgan fingerprint density at radius 2 is 1.19 bits per heavy atom. The Hall–Kier alpha value is -0.540. The van der Waals surface area contributed by atoms with Gasteiger partial charge in [0.1, 0.15) is 12.7 Å². The number of hydrogen-bond acceptors (Lipinski definition) is 3. The molecule has 3 nitrogen and oxygen atoms in total. The van der Waals surface area contributed by atoms with Crippen LogP contribution in [0.4, 0.5) is 0 Å². The van der Waals surface area contributed by atoms with Gasteiger partial charge < -0.3 is 14.9 Å². The second-order valence-corrected chi connectivity index (χ2v) is 8.75. The molecule has 0 radical (unpaired) electrons. The van der Waals surface area contributed by atoms with Crippen LogP contribution in [0.5, 0.6) is 0 Å². The van der Waals surface area contributed by atoms with E-state index in [0.29, 0.717) is 0 Å². The van der Waals surface area contributed by atoms with Crippen molar-refractivity contribution >= 4 is 0 Å². The maximum atomic E-state index is 9.39. The average molecular weight is 385 g/mol. The third kappa shape index (κ3) is 18.6. The first-order valence-electron chi connectivity index (χ1n) is 11.6. The topological polar surface area (TPSA) is 49.7 Å². The number of aliphatic hydroxyl groups excluding tert-OH is 2. The van der Waals surface area contributed by atoms with Crippen molar-refractivity contribution in [2.75, 3.05) is 13.2 Å². The zero-order valence-electron chi connectivity index (χ0n) is 18.8. The van der Waals surface area contributed by atoms with Crippen LogP contribution in [-0.4, -0.2) is 29.5 Å². The highest BCUT2D eigenvalue weighted by Crippen LogP contribution is 2.17. The largest absolute Gasteiger partial charge is 0.495 e. The van der Waals surface area contributed by atoms with Crippen LogP contribution < -0.4 is 0 Å². The molecule has 0 aliphatic heterocycles. The third-order valence-electron chi connectivity index (χ3n) is 5.15. The molecule has 2 N–H and O–H groups in total. The molecule has 162 valence electrons. The molecule has 0 aliphatic carbocycles. The van der Waals surface area contributed by atoms with E-state index in [1.807, 2.05) is 13.8 Å². The average Bonchev–Trinajstić information content (AvgIpc) is 2.63. The first-order valence-corrected chi connectivity index (χ1v) is 11.6. The predicted molar refractivity (Wildman–Crippen MR) is 117 cm³/mol. The van der Waals surface area contributed by atoms with E-state index in [1.54, 1.807) is 0 Å². The SMILES string of the molecule is CC(C)=C(CCCCCCCCCCCCCCC(C)C)OCC(O)CO. The summed E-state index contributed by atoms with van der Waals surface area (Å²) in [7, 11) is 0. The Balaban J connectivity index is 3.42. The summed E-state index contributed by atoms with van der Waals surface area (Å²) in [5.41, 5.74) is 1.17. The van der Waals surface area contributed by atoms with Gasteiger partial charge in [-0.2, -0.15) is 0 Å². The van der Waals surface area contributed by atoms with Crippen LogP contribution in [0.3, 0.4) is 0 Å². The van der Waals surface area contributed by atoms with Crippen molar-refractivity contribution in [3.8, 4) is 0 Å². The molecule has 0 aromatic carbocycles. The van der Waals surface area contributed by atoms with Crippen LogP contribution in [0.25, 0.3) is 0 Å². The number of hydrogen-bond donors (Lipinski definition) is 2.